The summed E-state index contributed by atoms with van der Waals surface area (Å²) >= 11 is 0. The molecule has 0 aromatic carbocycles. The SMILES string of the molecule is C#CCN=C(NCC)N1CCC(c2cnn(C)c2)C1.I. The number of nitrogens with zero attached hydrogens (tertiary/aromatic N) is 4. The van der Waals surface area contributed by atoms with E-state index >= 15 is 0 Å². The Labute approximate surface area is 137 Å². The molecule has 5 nitrogen and oxygen atoms in total. The summed E-state index contributed by atoms with van der Waals surface area (Å²) in [6.07, 6.45) is 10.5. The lowest BCUT2D eigenvalue weighted by molar-refractivity contribution is 0.487. The summed E-state index contributed by atoms with van der Waals surface area (Å²) < 4.78 is 1.86. The summed E-state index contributed by atoms with van der Waals surface area (Å²) in [5.41, 5.74) is 1.30. The van der Waals surface area contributed by atoms with Gasteiger partial charge in [-0.25, -0.2) is 4.99 Å². The van der Waals surface area contributed by atoms with Crippen LogP contribution in [0.3, 0.4) is 0 Å². The predicted octanol–water partition coefficient (Wildman–Crippen LogP) is 1.43. The molecule has 2 heterocycles. The maximum atomic E-state index is 5.28. The zero-order valence-electron chi connectivity index (χ0n) is 12.0. The van der Waals surface area contributed by atoms with E-state index in [0.29, 0.717) is 12.5 Å². The molecule has 2 rings (SSSR count). The lowest BCUT2D eigenvalue weighted by Crippen LogP contribution is -2.40. The molecule has 1 unspecified atom stereocenters. The standard InChI is InChI=1S/C14H21N5.HI/c1-4-7-16-14(15-5-2)19-8-6-12(11-19)13-9-17-18(3)10-13;/h1,9-10,12H,5-8,11H2,2-3H3,(H,15,16);1H. The molecule has 1 atom stereocenters. The van der Waals surface area contributed by atoms with E-state index < -0.39 is 0 Å². The highest BCUT2D eigenvalue weighted by Crippen LogP contribution is 2.26. The van der Waals surface area contributed by atoms with Gasteiger partial charge in [0.15, 0.2) is 5.96 Å². The van der Waals surface area contributed by atoms with Crippen molar-refractivity contribution in [3.63, 3.8) is 0 Å². The quantitative estimate of drug-likeness (QED) is 0.370. The largest absolute Gasteiger partial charge is 0.356 e. The smallest absolute Gasteiger partial charge is 0.194 e. The molecule has 1 aromatic rings. The number of hydrogen-bond donors (Lipinski definition) is 1. The fraction of sp³-hybridized carbons (Fsp3) is 0.571. The lowest BCUT2D eigenvalue weighted by Gasteiger charge is -2.21. The third-order valence-electron chi connectivity index (χ3n) is 3.34. The molecule has 0 amide bonds. The van der Waals surface area contributed by atoms with Gasteiger partial charge >= 0.3 is 0 Å². The minimum Gasteiger partial charge on any atom is -0.356 e. The van der Waals surface area contributed by atoms with E-state index in [1.165, 1.54) is 5.56 Å². The third kappa shape index (κ3) is 4.13. The van der Waals surface area contributed by atoms with Crippen molar-refractivity contribution in [3.8, 4) is 12.3 Å². The Morgan fingerprint density at radius 1 is 1.65 bits per heavy atom. The van der Waals surface area contributed by atoms with Crippen molar-refractivity contribution in [2.24, 2.45) is 12.0 Å². The summed E-state index contributed by atoms with van der Waals surface area (Å²) in [4.78, 5) is 6.70. The zero-order valence-corrected chi connectivity index (χ0v) is 14.4. The maximum absolute atomic E-state index is 5.28. The first-order valence-electron chi connectivity index (χ1n) is 6.69. The predicted molar refractivity (Wildman–Crippen MR) is 92.4 cm³/mol. The molecule has 1 fully saturated rings. The summed E-state index contributed by atoms with van der Waals surface area (Å²) in [5.74, 6) is 4.01. The monoisotopic (exact) mass is 387 g/mol. The van der Waals surface area contributed by atoms with Crippen LogP contribution in [0.2, 0.25) is 0 Å². The van der Waals surface area contributed by atoms with Gasteiger partial charge in [0.1, 0.15) is 6.54 Å². The van der Waals surface area contributed by atoms with Gasteiger partial charge in [-0.05, 0) is 18.9 Å². The molecule has 1 N–H and O–H groups in total. The van der Waals surface area contributed by atoms with Crippen molar-refractivity contribution in [1.82, 2.24) is 20.0 Å². The Hall–Kier alpha value is -1.23. The summed E-state index contributed by atoms with van der Waals surface area (Å²) in [6.45, 7) is 5.34. The van der Waals surface area contributed by atoms with Gasteiger partial charge in [0.2, 0.25) is 0 Å². The summed E-state index contributed by atoms with van der Waals surface area (Å²) in [7, 11) is 1.95. The Morgan fingerprint density at radius 2 is 2.45 bits per heavy atom. The normalized spacial score (nSPS) is 18.6. The van der Waals surface area contributed by atoms with Gasteiger partial charge in [-0.2, -0.15) is 5.10 Å². The molecule has 1 aromatic heterocycles. The van der Waals surface area contributed by atoms with Gasteiger partial charge in [0, 0.05) is 38.8 Å². The molecule has 1 aliphatic heterocycles. The number of aryl methyl sites for hydroxylation is 1. The molecule has 1 aliphatic rings. The number of aliphatic imine (C=N–C) groups is 1. The molecular weight excluding hydrogens is 365 g/mol. The van der Waals surface area contributed by atoms with Crippen LogP contribution in [0.5, 0.6) is 0 Å². The highest BCUT2D eigenvalue weighted by molar-refractivity contribution is 14.0. The number of guanidine groups is 1. The van der Waals surface area contributed by atoms with Crippen LogP contribution in [0.25, 0.3) is 0 Å². The Balaban J connectivity index is 0.00000200. The minimum atomic E-state index is 0. The first kappa shape index (κ1) is 16.8. The van der Waals surface area contributed by atoms with Gasteiger partial charge in [-0.3, -0.25) is 4.68 Å². The molecule has 6 heteroatoms. The Morgan fingerprint density at radius 3 is 3.05 bits per heavy atom. The van der Waals surface area contributed by atoms with E-state index in [2.05, 4.69) is 39.3 Å². The molecule has 0 radical (unpaired) electrons. The van der Waals surface area contributed by atoms with Crippen LogP contribution in [0, 0.1) is 12.3 Å². The molecule has 1 saturated heterocycles. The Bertz CT molecular complexity index is 488. The topological polar surface area (TPSA) is 45.5 Å². The zero-order chi connectivity index (χ0) is 13.7. The van der Waals surface area contributed by atoms with Gasteiger partial charge in [0.05, 0.1) is 6.20 Å². The molecular formula is C14H22IN5. The average molecular weight is 387 g/mol. The molecule has 0 spiro atoms. The second-order valence-corrected chi connectivity index (χ2v) is 4.75. The third-order valence-corrected chi connectivity index (χ3v) is 3.34. The van der Waals surface area contributed by atoms with Crippen LogP contribution in [0.15, 0.2) is 17.4 Å². The van der Waals surface area contributed by atoms with Crippen LogP contribution in [-0.2, 0) is 7.05 Å². The van der Waals surface area contributed by atoms with Crippen LogP contribution in [0.4, 0.5) is 0 Å². The second-order valence-electron chi connectivity index (χ2n) is 4.75. The van der Waals surface area contributed by atoms with Crippen LogP contribution >= 0.6 is 24.0 Å². The van der Waals surface area contributed by atoms with Crippen molar-refractivity contribution in [1.29, 1.82) is 0 Å². The first-order valence-corrected chi connectivity index (χ1v) is 6.69. The van der Waals surface area contributed by atoms with Crippen molar-refractivity contribution >= 4 is 29.9 Å². The number of nitrogens with one attached hydrogen (secondary N) is 1. The van der Waals surface area contributed by atoms with E-state index in [0.717, 1.165) is 32.0 Å². The molecule has 20 heavy (non-hydrogen) atoms. The van der Waals surface area contributed by atoms with E-state index in [1.54, 1.807) is 0 Å². The number of likely N-dealkylation sites (tertiary alicyclic amines) is 1. The van der Waals surface area contributed by atoms with Crippen LogP contribution in [0.1, 0.15) is 24.8 Å². The van der Waals surface area contributed by atoms with Gasteiger partial charge < -0.3 is 10.2 Å². The summed E-state index contributed by atoms with van der Waals surface area (Å²) in [5, 5.41) is 7.54. The second kappa shape index (κ2) is 8.15. The van der Waals surface area contributed by atoms with Gasteiger partial charge in [0.25, 0.3) is 0 Å². The number of aromatic nitrogens is 2. The van der Waals surface area contributed by atoms with Crippen LogP contribution in [-0.4, -0.2) is 46.8 Å². The van der Waals surface area contributed by atoms with Crippen molar-refractivity contribution in [2.75, 3.05) is 26.2 Å². The molecule has 0 saturated carbocycles. The fourth-order valence-electron chi connectivity index (χ4n) is 2.42. The van der Waals surface area contributed by atoms with Crippen LogP contribution < -0.4 is 5.32 Å². The molecule has 0 aliphatic carbocycles. The maximum Gasteiger partial charge on any atom is 0.194 e. The first-order chi connectivity index (χ1) is 9.24. The highest BCUT2D eigenvalue weighted by Gasteiger charge is 2.26. The molecule has 0 bridgehead atoms. The van der Waals surface area contributed by atoms with Gasteiger partial charge in [-0.1, -0.05) is 5.92 Å². The Kier molecular flexibility index (Phi) is 6.85. The lowest BCUT2D eigenvalue weighted by atomic mass is 10.0. The van der Waals surface area contributed by atoms with Crippen molar-refractivity contribution in [3.05, 3.63) is 18.0 Å². The number of rotatable bonds is 3. The average Bonchev–Trinajstić information content (AvgIpc) is 3.03. The van der Waals surface area contributed by atoms with Crippen molar-refractivity contribution in [2.45, 2.75) is 19.3 Å². The van der Waals surface area contributed by atoms with E-state index in [1.807, 2.05) is 17.9 Å². The van der Waals surface area contributed by atoms with E-state index in [-0.39, 0.29) is 24.0 Å². The fourth-order valence-corrected chi connectivity index (χ4v) is 2.42. The van der Waals surface area contributed by atoms with Gasteiger partial charge in [-0.15, -0.1) is 30.4 Å². The van der Waals surface area contributed by atoms with Crippen molar-refractivity contribution < 1.29 is 0 Å². The minimum absolute atomic E-state index is 0. The molecule has 110 valence electrons. The number of hydrogen-bond acceptors (Lipinski definition) is 2. The highest BCUT2D eigenvalue weighted by atomic mass is 127. The van der Waals surface area contributed by atoms with E-state index in [4.69, 9.17) is 6.42 Å². The van der Waals surface area contributed by atoms with E-state index in [9.17, 15) is 0 Å². The summed E-state index contributed by atoms with van der Waals surface area (Å²) in [6, 6.07) is 0. The number of terminal acetylenes is 1. The number of halogens is 1.